The summed E-state index contributed by atoms with van der Waals surface area (Å²) in [4.78, 5) is 12.2. The van der Waals surface area contributed by atoms with Gasteiger partial charge in [0.25, 0.3) is 5.91 Å². The van der Waals surface area contributed by atoms with Crippen molar-refractivity contribution in [2.24, 2.45) is 5.92 Å². The van der Waals surface area contributed by atoms with Crippen molar-refractivity contribution in [1.82, 2.24) is 5.32 Å². The number of amides is 1. The van der Waals surface area contributed by atoms with Crippen molar-refractivity contribution < 1.29 is 9.90 Å². The van der Waals surface area contributed by atoms with E-state index in [1.54, 1.807) is 12.1 Å². The number of hydrogen-bond donors (Lipinski definition) is 3. The van der Waals surface area contributed by atoms with Gasteiger partial charge in [0, 0.05) is 12.2 Å². The van der Waals surface area contributed by atoms with Gasteiger partial charge in [-0.15, -0.1) is 0 Å². The molecule has 0 saturated heterocycles. The first-order valence-corrected chi connectivity index (χ1v) is 7.26. The third-order valence-corrected chi connectivity index (χ3v) is 4.10. The molecule has 4 heteroatoms. The lowest BCUT2D eigenvalue weighted by molar-refractivity contribution is -0.0109. The number of benzene rings is 1. The van der Waals surface area contributed by atoms with Gasteiger partial charge in [-0.25, -0.2) is 0 Å². The third kappa shape index (κ3) is 3.51. The molecular formula is C16H24N2O2. The van der Waals surface area contributed by atoms with Gasteiger partial charge in [-0.1, -0.05) is 31.4 Å². The van der Waals surface area contributed by atoms with Crippen molar-refractivity contribution in [3.63, 3.8) is 0 Å². The number of rotatable bonds is 3. The molecule has 2 unspecified atom stereocenters. The summed E-state index contributed by atoms with van der Waals surface area (Å²) in [6, 6.07) is 5.39. The third-order valence-electron chi connectivity index (χ3n) is 4.10. The van der Waals surface area contributed by atoms with Gasteiger partial charge in [0.1, 0.15) is 0 Å². The number of anilines is 1. The van der Waals surface area contributed by atoms with Crippen LogP contribution in [0, 0.1) is 12.8 Å². The molecule has 20 heavy (non-hydrogen) atoms. The lowest BCUT2D eigenvalue weighted by atomic mass is 9.79. The van der Waals surface area contributed by atoms with E-state index in [2.05, 4.69) is 12.2 Å². The molecule has 4 nitrogen and oxygen atoms in total. The molecule has 1 aliphatic rings. The van der Waals surface area contributed by atoms with E-state index in [9.17, 15) is 9.90 Å². The second-order valence-corrected chi connectivity index (χ2v) is 6.20. The number of nitrogen functional groups attached to an aromatic ring is 1. The van der Waals surface area contributed by atoms with Crippen LogP contribution in [0.15, 0.2) is 18.2 Å². The lowest BCUT2D eigenvalue weighted by Crippen LogP contribution is -2.45. The molecule has 1 aromatic rings. The Bertz CT molecular complexity index is 501. The van der Waals surface area contributed by atoms with Crippen molar-refractivity contribution in [3.8, 4) is 0 Å². The fourth-order valence-electron chi connectivity index (χ4n) is 3.00. The first kappa shape index (κ1) is 14.9. The summed E-state index contributed by atoms with van der Waals surface area (Å²) in [6.45, 7) is 4.36. The SMILES string of the molecule is Cc1ccc(N)c(C(=O)NCC2(O)CCCC(C)C2)c1. The van der Waals surface area contributed by atoms with Crippen LogP contribution in [-0.2, 0) is 0 Å². The van der Waals surface area contributed by atoms with E-state index in [-0.39, 0.29) is 5.91 Å². The molecular weight excluding hydrogens is 252 g/mol. The highest BCUT2D eigenvalue weighted by Gasteiger charge is 2.33. The van der Waals surface area contributed by atoms with Crippen molar-refractivity contribution >= 4 is 11.6 Å². The Hall–Kier alpha value is -1.55. The fourth-order valence-corrected chi connectivity index (χ4v) is 3.00. The van der Waals surface area contributed by atoms with Gasteiger partial charge < -0.3 is 16.2 Å². The molecule has 0 radical (unpaired) electrons. The fraction of sp³-hybridized carbons (Fsp3) is 0.562. The van der Waals surface area contributed by atoms with Gasteiger partial charge in [-0.05, 0) is 37.8 Å². The Labute approximate surface area is 120 Å². The average molecular weight is 276 g/mol. The van der Waals surface area contributed by atoms with Gasteiger partial charge in [0.15, 0.2) is 0 Å². The van der Waals surface area contributed by atoms with E-state index in [4.69, 9.17) is 5.73 Å². The molecule has 0 aromatic heterocycles. The standard InChI is InChI=1S/C16H24N2O2/c1-11-5-6-14(17)13(8-11)15(19)18-10-16(20)7-3-4-12(2)9-16/h5-6,8,12,20H,3-4,7,9-10,17H2,1-2H3,(H,18,19). The minimum atomic E-state index is -0.772. The second kappa shape index (κ2) is 5.83. The Morgan fingerprint density at radius 1 is 1.55 bits per heavy atom. The zero-order valence-corrected chi connectivity index (χ0v) is 12.3. The van der Waals surface area contributed by atoms with Crippen molar-refractivity contribution in [1.29, 1.82) is 0 Å². The van der Waals surface area contributed by atoms with Gasteiger partial charge in [-0.3, -0.25) is 4.79 Å². The van der Waals surface area contributed by atoms with Gasteiger partial charge in [-0.2, -0.15) is 0 Å². The van der Waals surface area contributed by atoms with Crippen LogP contribution in [0.3, 0.4) is 0 Å². The van der Waals surface area contributed by atoms with E-state index in [1.165, 1.54) is 0 Å². The predicted octanol–water partition coefficient (Wildman–Crippen LogP) is 2.25. The monoisotopic (exact) mass is 276 g/mol. The van der Waals surface area contributed by atoms with Gasteiger partial charge in [0.2, 0.25) is 0 Å². The first-order chi connectivity index (χ1) is 9.39. The number of nitrogens with one attached hydrogen (secondary N) is 1. The summed E-state index contributed by atoms with van der Waals surface area (Å²) in [7, 11) is 0. The lowest BCUT2D eigenvalue weighted by Gasteiger charge is -2.35. The normalized spacial score (nSPS) is 26.2. The number of nitrogens with two attached hydrogens (primary N) is 1. The van der Waals surface area contributed by atoms with Crippen molar-refractivity contribution in [2.45, 2.75) is 45.1 Å². The van der Waals surface area contributed by atoms with E-state index < -0.39 is 5.60 Å². The van der Waals surface area contributed by atoms with Crippen LogP contribution < -0.4 is 11.1 Å². The largest absolute Gasteiger partial charge is 0.398 e. The molecule has 1 fully saturated rings. The molecule has 0 aliphatic heterocycles. The second-order valence-electron chi connectivity index (χ2n) is 6.20. The maximum Gasteiger partial charge on any atom is 0.253 e. The molecule has 1 aliphatic carbocycles. The Morgan fingerprint density at radius 3 is 3.00 bits per heavy atom. The molecule has 1 amide bonds. The van der Waals surface area contributed by atoms with Crippen LogP contribution in [-0.4, -0.2) is 23.2 Å². The summed E-state index contributed by atoms with van der Waals surface area (Å²) >= 11 is 0. The molecule has 0 bridgehead atoms. The van der Waals surface area contributed by atoms with Crippen LogP contribution in [0.2, 0.25) is 0 Å². The van der Waals surface area contributed by atoms with Gasteiger partial charge in [0.05, 0.1) is 11.2 Å². The summed E-state index contributed by atoms with van der Waals surface area (Å²) < 4.78 is 0. The number of aryl methyl sites for hydroxylation is 1. The topological polar surface area (TPSA) is 75.4 Å². The molecule has 1 saturated carbocycles. The van der Waals surface area contributed by atoms with E-state index in [0.29, 0.717) is 23.7 Å². The molecule has 110 valence electrons. The molecule has 2 atom stereocenters. The van der Waals surface area contributed by atoms with Gasteiger partial charge >= 0.3 is 0 Å². The zero-order valence-electron chi connectivity index (χ0n) is 12.3. The molecule has 2 rings (SSSR count). The minimum absolute atomic E-state index is 0.210. The van der Waals surface area contributed by atoms with E-state index in [1.807, 2.05) is 13.0 Å². The smallest absolute Gasteiger partial charge is 0.253 e. The molecule has 1 aromatic carbocycles. The summed E-state index contributed by atoms with van der Waals surface area (Å²) in [5.41, 5.74) is 7.01. The predicted molar refractivity (Wildman–Crippen MR) is 80.5 cm³/mol. The number of hydrogen-bond acceptors (Lipinski definition) is 3. The summed E-state index contributed by atoms with van der Waals surface area (Å²) in [5, 5.41) is 13.3. The number of aliphatic hydroxyl groups is 1. The Morgan fingerprint density at radius 2 is 2.30 bits per heavy atom. The Kier molecular flexibility index (Phi) is 4.33. The van der Waals surface area contributed by atoms with Crippen LogP contribution in [0.1, 0.15) is 48.5 Å². The average Bonchev–Trinajstić information content (AvgIpc) is 2.39. The molecule has 0 heterocycles. The van der Waals surface area contributed by atoms with E-state index in [0.717, 1.165) is 31.2 Å². The van der Waals surface area contributed by atoms with Crippen LogP contribution in [0.5, 0.6) is 0 Å². The van der Waals surface area contributed by atoms with E-state index >= 15 is 0 Å². The molecule has 0 spiro atoms. The quantitative estimate of drug-likeness (QED) is 0.741. The summed E-state index contributed by atoms with van der Waals surface area (Å²) in [5.74, 6) is 0.299. The number of carbonyl (C=O) groups excluding carboxylic acids is 1. The highest BCUT2D eigenvalue weighted by atomic mass is 16.3. The first-order valence-electron chi connectivity index (χ1n) is 7.26. The van der Waals surface area contributed by atoms with Crippen LogP contribution in [0.4, 0.5) is 5.69 Å². The highest BCUT2D eigenvalue weighted by molar-refractivity contribution is 5.99. The number of carbonyl (C=O) groups is 1. The maximum atomic E-state index is 12.2. The minimum Gasteiger partial charge on any atom is -0.398 e. The van der Waals surface area contributed by atoms with Crippen molar-refractivity contribution in [3.05, 3.63) is 29.3 Å². The Balaban J connectivity index is 1.99. The highest BCUT2D eigenvalue weighted by Crippen LogP contribution is 2.31. The maximum absolute atomic E-state index is 12.2. The zero-order chi connectivity index (χ0) is 14.8. The van der Waals surface area contributed by atoms with Crippen LogP contribution in [0.25, 0.3) is 0 Å². The van der Waals surface area contributed by atoms with Crippen LogP contribution >= 0.6 is 0 Å². The van der Waals surface area contributed by atoms with Crippen molar-refractivity contribution in [2.75, 3.05) is 12.3 Å². The summed E-state index contributed by atoms with van der Waals surface area (Å²) in [6.07, 6.45) is 3.67. The molecule has 4 N–H and O–H groups in total.